The molecule has 0 bridgehead atoms. The number of nitrogens with one attached hydrogen (secondary N) is 2. The third-order valence-electron chi connectivity index (χ3n) is 6.91. The molecule has 2 aliphatic rings. The highest BCUT2D eigenvalue weighted by Gasteiger charge is 2.25. The van der Waals surface area contributed by atoms with Crippen LogP contribution in [0.1, 0.15) is 59.2 Å². The van der Waals surface area contributed by atoms with Crippen LogP contribution in [0.2, 0.25) is 10.0 Å². The van der Waals surface area contributed by atoms with E-state index in [0.717, 1.165) is 31.6 Å². The molecule has 202 valence electrons. The third-order valence-corrected chi connectivity index (χ3v) is 7.37. The van der Waals surface area contributed by atoms with E-state index in [1.165, 1.54) is 12.3 Å². The molecule has 1 saturated carbocycles. The van der Waals surface area contributed by atoms with Crippen LogP contribution in [0.5, 0.6) is 5.75 Å². The second-order valence-electron chi connectivity index (χ2n) is 9.69. The zero-order valence-electron chi connectivity index (χ0n) is 21.2. The Morgan fingerprint density at radius 2 is 1.59 bits per heavy atom. The van der Waals surface area contributed by atoms with Crippen molar-refractivity contribution in [3.05, 3.63) is 75.9 Å². The average Bonchev–Trinajstić information content (AvgIpc) is 3.47. The minimum Gasteiger partial charge on any atom is -0.489 e. The zero-order valence-corrected chi connectivity index (χ0v) is 22.7. The maximum Gasteiger partial charge on any atom is 0.259 e. The van der Waals surface area contributed by atoms with E-state index in [2.05, 4.69) is 20.5 Å². The number of aromatic nitrogens is 1. The van der Waals surface area contributed by atoms with Gasteiger partial charge in [0, 0.05) is 48.9 Å². The number of ether oxygens (including phenoxy) is 1. The van der Waals surface area contributed by atoms with Crippen LogP contribution >= 0.6 is 23.2 Å². The van der Waals surface area contributed by atoms with Gasteiger partial charge in [0.1, 0.15) is 17.4 Å². The lowest BCUT2D eigenvalue weighted by molar-refractivity contribution is -0.121. The fourth-order valence-electron chi connectivity index (χ4n) is 4.82. The molecule has 1 aromatic heterocycles. The van der Waals surface area contributed by atoms with E-state index in [-0.39, 0.29) is 23.1 Å². The van der Waals surface area contributed by atoms with E-state index in [1.807, 2.05) is 12.1 Å². The SMILES string of the molecule is O=C1CCC(Oc2cc(N3CCCC3)ccc2C(=O)Nc2ccc(Cl)cc2C(=O)Nc2ccc(Cl)cn2)CC1. The molecular formula is C29H28Cl2N4O4. The predicted molar refractivity (Wildman–Crippen MR) is 152 cm³/mol. The van der Waals surface area contributed by atoms with E-state index in [9.17, 15) is 14.4 Å². The minimum atomic E-state index is -0.490. The van der Waals surface area contributed by atoms with Gasteiger partial charge in [-0.1, -0.05) is 23.2 Å². The summed E-state index contributed by atoms with van der Waals surface area (Å²) < 4.78 is 6.32. The number of Topliss-reactive ketones (excluding diaryl/α,β-unsaturated/α-hetero) is 1. The quantitative estimate of drug-likeness (QED) is 0.344. The first kappa shape index (κ1) is 27.0. The van der Waals surface area contributed by atoms with Crippen molar-refractivity contribution in [1.82, 2.24) is 4.98 Å². The molecule has 2 fully saturated rings. The van der Waals surface area contributed by atoms with Gasteiger partial charge in [-0.05, 0) is 68.1 Å². The lowest BCUT2D eigenvalue weighted by atomic mass is 9.96. The van der Waals surface area contributed by atoms with Gasteiger partial charge in [-0.25, -0.2) is 4.98 Å². The van der Waals surface area contributed by atoms with Gasteiger partial charge in [-0.15, -0.1) is 0 Å². The molecule has 3 aromatic rings. The molecule has 2 amide bonds. The van der Waals surface area contributed by atoms with Crippen molar-refractivity contribution in [2.75, 3.05) is 28.6 Å². The van der Waals surface area contributed by atoms with E-state index in [1.54, 1.807) is 30.3 Å². The van der Waals surface area contributed by atoms with E-state index < -0.39 is 11.8 Å². The molecule has 2 N–H and O–H groups in total. The summed E-state index contributed by atoms with van der Waals surface area (Å²) >= 11 is 12.1. The summed E-state index contributed by atoms with van der Waals surface area (Å²) in [6, 6.07) is 13.4. The Morgan fingerprint density at radius 1 is 0.872 bits per heavy atom. The smallest absolute Gasteiger partial charge is 0.259 e. The normalized spacial score (nSPS) is 15.7. The molecule has 2 heterocycles. The molecule has 0 spiro atoms. The first-order valence-corrected chi connectivity index (χ1v) is 13.7. The molecular weight excluding hydrogens is 539 g/mol. The standard InChI is InChI=1S/C29H28Cl2N4O4/c30-18-3-11-25(24(15-18)29(38)34-27-12-4-19(31)17-32-27)33-28(37)23-10-5-20(35-13-1-2-14-35)16-26(23)39-22-8-6-21(36)7-9-22/h3-5,10-12,15-17,22H,1-2,6-9,13-14H2,(H,33,37)(H,32,34,38). The van der Waals surface area contributed by atoms with Gasteiger partial charge in [0.15, 0.2) is 0 Å². The molecule has 1 aliphatic carbocycles. The van der Waals surface area contributed by atoms with Gasteiger partial charge in [-0.2, -0.15) is 0 Å². The number of halogens is 2. The number of hydrogen-bond acceptors (Lipinski definition) is 6. The van der Waals surface area contributed by atoms with Crippen molar-refractivity contribution in [1.29, 1.82) is 0 Å². The summed E-state index contributed by atoms with van der Waals surface area (Å²) in [7, 11) is 0. The molecule has 0 atom stereocenters. The van der Waals surface area contributed by atoms with Crippen molar-refractivity contribution in [3.8, 4) is 5.75 Å². The summed E-state index contributed by atoms with van der Waals surface area (Å²) in [6.07, 6.45) is 5.71. The average molecular weight is 567 g/mol. The number of ketones is 1. The maximum atomic E-state index is 13.6. The monoisotopic (exact) mass is 566 g/mol. The number of amides is 2. The fourth-order valence-corrected chi connectivity index (χ4v) is 5.10. The van der Waals surface area contributed by atoms with Gasteiger partial charge >= 0.3 is 0 Å². The van der Waals surface area contributed by atoms with E-state index in [4.69, 9.17) is 27.9 Å². The Morgan fingerprint density at radius 3 is 2.31 bits per heavy atom. The van der Waals surface area contributed by atoms with Gasteiger partial charge in [-0.3, -0.25) is 14.4 Å². The molecule has 10 heteroatoms. The van der Waals surface area contributed by atoms with Crippen LogP contribution in [0.4, 0.5) is 17.2 Å². The number of nitrogens with zero attached hydrogens (tertiary/aromatic N) is 2. The number of benzene rings is 2. The van der Waals surface area contributed by atoms with Crippen LogP contribution in [-0.2, 0) is 4.79 Å². The third kappa shape index (κ3) is 6.69. The van der Waals surface area contributed by atoms with Crippen molar-refractivity contribution < 1.29 is 19.1 Å². The second kappa shape index (κ2) is 12.1. The van der Waals surface area contributed by atoms with Gasteiger partial charge in [0.05, 0.1) is 27.9 Å². The summed E-state index contributed by atoms with van der Waals surface area (Å²) in [5, 5.41) is 6.34. The highest BCUT2D eigenvalue weighted by atomic mass is 35.5. The van der Waals surface area contributed by atoms with Crippen LogP contribution in [0.3, 0.4) is 0 Å². The predicted octanol–water partition coefficient (Wildman–Crippen LogP) is 6.38. The highest BCUT2D eigenvalue weighted by Crippen LogP contribution is 2.32. The van der Waals surface area contributed by atoms with Crippen molar-refractivity contribution in [2.24, 2.45) is 0 Å². The number of carbonyl (C=O) groups excluding carboxylic acids is 3. The van der Waals surface area contributed by atoms with Crippen LogP contribution in [0.15, 0.2) is 54.7 Å². The number of anilines is 3. The summed E-state index contributed by atoms with van der Waals surface area (Å²) in [6.45, 7) is 1.91. The maximum absolute atomic E-state index is 13.6. The highest BCUT2D eigenvalue weighted by molar-refractivity contribution is 6.31. The van der Waals surface area contributed by atoms with Crippen LogP contribution in [0.25, 0.3) is 0 Å². The molecule has 1 saturated heterocycles. The molecule has 1 aliphatic heterocycles. The minimum absolute atomic E-state index is 0.146. The van der Waals surface area contributed by atoms with Gasteiger partial charge < -0.3 is 20.3 Å². The largest absolute Gasteiger partial charge is 0.489 e. The number of carbonyl (C=O) groups is 3. The molecule has 5 rings (SSSR count). The van der Waals surface area contributed by atoms with E-state index in [0.29, 0.717) is 52.9 Å². The Bertz CT molecular complexity index is 1380. The van der Waals surface area contributed by atoms with Crippen LogP contribution < -0.4 is 20.3 Å². The Kier molecular flexibility index (Phi) is 8.33. The number of pyridine rings is 1. The fraction of sp³-hybridized carbons (Fsp3) is 0.310. The lowest BCUT2D eigenvalue weighted by Gasteiger charge is -2.25. The Labute approximate surface area is 236 Å². The first-order valence-electron chi connectivity index (χ1n) is 13.0. The Hall–Kier alpha value is -3.62. The topological polar surface area (TPSA) is 101 Å². The van der Waals surface area contributed by atoms with E-state index >= 15 is 0 Å². The van der Waals surface area contributed by atoms with Crippen LogP contribution in [0, 0.1) is 0 Å². The Balaban J connectivity index is 1.40. The number of hydrogen-bond donors (Lipinski definition) is 2. The van der Waals surface area contributed by atoms with Crippen LogP contribution in [-0.4, -0.2) is 41.8 Å². The molecule has 0 unspecified atom stereocenters. The molecule has 2 aromatic carbocycles. The summed E-state index contributed by atoms with van der Waals surface area (Å²) in [5.74, 6) is 0.0876. The first-order chi connectivity index (χ1) is 18.9. The van der Waals surface area contributed by atoms with Gasteiger partial charge in [0.2, 0.25) is 0 Å². The molecule has 8 nitrogen and oxygen atoms in total. The van der Waals surface area contributed by atoms with Crippen molar-refractivity contribution >= 4 is 58.0 Å². The van der Waals surface area contributed by atoms with Gasteiger partial charge in [0.25, 0.3) is 11.8 Å². The molecule has 39 heavy (non-hydrogen) atoms. The zero-order chi connectivity index (χ0) is 27.4. The summed E-state index contributed by atoms with van der Waals surface area (Å²) in [5.41, 5.74) is 1.80. The second-order valence-corrected chi connectivity index (χ2v) is 10.6. The summed E-state index contributed by atoms with van der Waals surface area (Å²) in [4.78, 5) is 44.7. The molecule has 0 radical (unpaired) electrons. The van der Waals surface area contributed by atoms with Crippen molar-refractivity contribution in [3.63, 3.8) is 0 Å². The number of rotatable bonds is 7. The van der Waals surface area contributed by atoms with Crippen molar-refractivity contribution in [2.45, 2.75) is 44.6 Å². The lowest BCUT2D eigenvalue weighted by Crippen LogP contribution is -2.26.